The predicted molar refractivity (Wildman–Crippen MR) is 315 cm³/mol. The molecule has 352 valence electrons. The summed E-state index contributed by atoms with van der Waals surface area (Å²) in [6.45, 7) is 4.82. The van der Waals surface area contributed by atoms with Crippen LogP contribution in [-0.2, 0) is 11.8 Å². The van der Waals surface area contributed by atoms with E-state index in [9.17, 15) is 0 Å². The van der Waals surface area contributed by atoms with Crippen LogP contribution in [0.1, 0.15) is 54.0 Å². The number of benzene rings is 12. The van der Waals surface area contributed by atoms with E-state index < -0.39 is 0 Å². The van der Waals surface area contributed by atoms with Crippen molar-refractivity contribution < 1.29 is 0 Å². The first-order valence-corrected chi connectivity index (χ1v) is 26.2. The zero-order chi connectivity index (χ0) is 49.6. The molecule has 1 aliphatic rings. The van der Waals surface area contributed by atoms with Crippen LogP contribution >= 0.6 is 0 Å². The molecule has 74 heavy (non-hydrogen) atoms. The summed E-state index contributed by atoms with van der Waals surface area (Å²) in [5.74, 6) is 0.228. The monoisotopic (exact) mass is 944 g/mol. The van der Waals surface area contributed by atoms with Gasteiger partial charge in [-0.25, -0.2) is 0 Å². The fraction of sp³-hybridized carbons (Fsp3) is 0.0811. The van der Waals surface area contributed by atoms with E-state index in [0.717, 1.165) is 12.8 Å². The van der Waals surface area contributed by atoms with Crippen molar-refractivity contribution in [3.63, 3.8) is 0 Å². The lowest BCUT2D eigenvalue weighted by molar-refractivity contribution is 0.657. The molecular weight excluding hydrogens is 889 g/mol. The van der Waals surface area contributed by atoms with Crippen molar-refractivity contribution in [2.75, 3.05) is 0 Å². The van der Waals surface area contributed by atoms with Gasteiger partial charge < -0.3 is 0 Å². The third kappa shape index (κ3) is 8.43. The van der Waals surface area contributed by atoms with E-state index in [0.29, 0.717) is 0 Å². The molecule has 0 nitrogen and oxygen atoms in total. The van der Waals surface area contributed by atoms with Gasteiger partial charge in [0.05, 0.1) is 0 Å². The Morgan fingerprint density at radius 3 is 1.19 bits per heavy atom. The highest BCUT2D eigenvalue weighted by atomic mass is 14.4. The van der Waals surface area contributed by atoms with Crippen LogP contribution in [0.5, 0.6) is 0 Å². The minimum Gasteiger partial charge on any atom is -0.0622 e. The average Bonchev–Trinajstić information content (AvgIpc) is 3.70. The molecule has 0 radical (unpaired) electrons. The van der Waals surface area contributed by atoms with Crippen LogP contribution in [0, 0.1) is 0 Å². The van der Waals surface area contributed by atoms with Crippen molar-refractivity contribution in [2.24, 2.45) is 0 Å². The summed E-state index contributed by atoms with van der Waals surface area (Å²) in [6, 6.07) is 101. The Labute approximate surface area is 435 Å². The van der Waals surface area contributed by atoms with E-state index in [1.165, 1.54) is 127 Å². The lowest BCUT2D eigenvalue weighted by atomic mass is 9.80. The SMILES string of the molecule is CC1(C)c2cc(CCC(c3ccc(-c4ccc(-c5ccccc5)cc4)cc3)c3ccc(-c4ccc(-c5ccccc5)cc4)cc3)ccc2-c2ccc(-c3ccc(-c4cc5ccccc5c5ccccc45)cc3)cc21. The second-order valence-corrected chi connectivity index (χ2v) is 20.8. The Kier molecular flexibility index (Phi) is 11.5. The molecule has 0 spiro atoms. The molecule has 0 heteroatoms. The number of rotatable bonds is 11. The van der Waals surface area contributed by atoms with Crippen LogP contribution in [0.3, 0.4) is 0 Å². The highest BCUT2D eigenvalue weighted by molar-refractivity contribution is 6.13. The fourth-order valence-corrected chi connectivity index (χ4v) is 11.9. The molecule has 0 N–H and O–H groups in total. The summed E-state index contributed by atoms with van der Waals surface area (Å²) in [7, 11) is 0. The topological polar surface area (TPSA) is 0 Å². The third-order valence-corrected chi connectivity index (χ3v) is 16.0. The third-order valence-electron chi connectivity index (χ3n) is 16.0. The maximum Gasteiger partial charge on any atom is 0.0159 e. The summed E-state index contributed by atoms with van der Waals surface area (Å²) in [5.41, 5.74) is 24.3. The summed E-state index contributed by atoms with van der Waals surface area (Å²) < 4.78 is 0. The fourth-order valence-electron chi connectivity index (χ4n) is 11.9. The first kappa shape index (κ1) is 45.1. The van der Waals surface area contributed by atoms with Crippen LogP contribution in [0.4, 0.5) is 0 Å². The van der Waals surface area contributed by atoms with Gasteiger partial charge in [-0.3, -0.25) is 0 Å². The lowest BCUT2D eigenvalue weighted by Gasteiger charge is -2.23. The number of aryl methyl sites for hydroxylation is 1. The van der Waals surface area contributed by atoms with Crippen molar-refractivity contribution in [3.8, 4) is 77.9 Å². The standard InChI is InChI=1S/C74H56/c1-74(2)72-47-50(22-45-69(72)70-46-43-63(49-73(70)74)59-35-41-62(42-36-59)71-48-64-17-9-10-18-66(64)67-19-11-12-20-68(67)71)21-44-65(60-37-31-57(32-38-60)55-27-23-53(24-28-55)51-13-5-3-6-14-51)61-39-33-58(34-40-61)56-29-25-54(26-30-56)52-15-7-4-8-16-52/h3-20,22-43,45-49,65H,21,44H2,1-2H3. The van der Waals surface area contributed by atoms with Gasteiger partial charge in [-0.05, 0) is 152 Å². The quantitative estimate of drug-likeness (QED) is 0.113. The number of hydrogen-bond donors (Lipinski definition) is 0. The number of hydrogen-bond acceptors (Lipinski definition) is 0. The molecule has 0 bridgehead atoms. The van der Waals surface area contributed by atoms with Gasteiger partial charge in [0.2, 0.25) is 0 Å². The highest BCUT2D eigenvalue weighted by Gasteiger charge is 2.36. The first-order chi connectivity index (χ1) is 36.4. The van der Waals surface area contributed by atoms with Gasteiger partial charge in [-0.1, -0.05) is 275 Å². The first-order valence-electron chi connectivity index (χ1n) is 26.2. The lowest BCUT2D eigenvalue weighted by Crippen LogP contribution is -2.15. The summed E-state index contributed by atoms with van der Waals surface area (Å²) in [5, 5.41) is 5.16. The Hall–Kier alpha value is -8.84. The van der Waals surface area contributed by atoms with Gasteiger partial charge in [0.25, 0.3) is 0 Å². The molecular formula is C74H56. The van der Waals surface area contributed by atoms with Crippen LogP contribution in [0.2, 0.25) is 0 Å². The van der Waals surface area contributed by atoms with E-state index >= 15 is 0 Å². The Balaban J connectivity index is 0.767. The van der Waals surface area contributed by atoms with Crippen molar-refractivity contribution >= 4 is 21.5 Å². The second kappa shape index (κ2) is 19.0. The Morgan fingerprint density at radius 1 is 0.284 bits per heavy atom. The molecule has 0 amide bonds. The molecule has 0 heterocycles. The Morgan fingerprint density at radius 2 is 0.662 bits per heavy atom. The minimum atomic E-state index is -0.135. The zero-order valence-electron chi connectivity index (χ0n) is 42.0. The molecule has 0 aliphatic heterocycles. The van der Waals surface area contributed by atoms with E-state index in [-0.39, 0.29) is 11.3 Å². The molecule has 0 saturated heterocycles. The van der Waals surface area contributed by atoms with Gasteiger partial charge in [0.1, 0.15) is 0 Å². The van der Waals surface area contributed by atoms with Crippen LogP contribution in [-0.4, -0.2) is 0 Å². The largest absolute Gasteiger partial charge is 0.0622 e. The maximum absolute atomic E-state index is 2.51. The second-order valence-electron chi connectivity index (χ2n) is 20.8. The van der Waals surface area contributed by atoms with Gasteiger partial charge in [0, 0.05) is 11.3 Å². The highest BCUT2D eigenvalue weighted by Crippen LogP contribution is 2.50. The van der Waals surface area contributed by atoms with Crippen LogP contribution in [0.25, 0.3) is 99.4 Å². The molecule has 12 aromatic carbocycles. The molecule has 12 aromatic rings. The van der Waals surface area contributed by atoms with Gasteiger partial charge in [-0.15, -0.1) is 0 Å². The van der Waals surface area contributed by atoms with Gasteiger partial charge >= 0.3 is 0 Å². The maximum atomic E-state index is 2.51. The Bertz CT molecular complexity index is 3830. The molecule has 0 fully saturated rings. The normalized spacial score (nSPS) is 12.5. The summed E-state index contributed by atoms with van der Waals surface area (Å²) >= 11 is 0. The predicted octanol–water partition coefficient (Wildman–Crippen LogP) is 20.1. The average molecular weight is 945 g/mol. The smallest absolute Gasteiger partial charge is 0.0159 e. The van der Waals surface area contributed by atoms with Crippen LogP contribution in [0.15, 0.2) is 273 Å². The van der Waals surface area contributed by atoms with E-state index in [1.807, 2.05) is 0 Å². The summed E-state index contributed by atoms with van der Waals surface area (Å²) in [6.07, 6.45) is 1.97. The van der Waals surface area contributed by atoms with Crippen molar-refractivity contribution in [3.05, 3.63) is 301 Å². The van der Waals surface area contributed by atoms with E-state index in [2.05, 4.69) is 287 Å². The van der Waals surface area contributed by atoms with E-state index in [1.54, 1.807) is 0 Å². The number of fused-ring (bicyclic) bond motifs is 6. The van der Waals surface area contributed by atoms with E-state index in [4.69, 9.17) is 0 Å². The molecule has 0 aromatic heterocycles. The molecule has 0 saturated carbocycles. The molecule has 0 unspecified atom stereocenters. The molecule has 0 atom stereocenters. The zero-order valence-corrected chi connectivity index (χ0v) is 42.0. The van der Waals surface area contributed by atoms with Crippen molar-refractivity contribution in [2.45, 2.75) is 38.0 Å². The minimum absolute atomic E-state index is 0.135. The van der Waals surface area contributed by atoms with Crippen LogP contribution < -0.4 is 0 Å². The van der Waals surface area contributed by atoms with Gasteiger partial charge in [0.15, 0.2) is 0 Å². The van der Waals surface area contributed by atoms with Crippen molar-refractivity contribution in [1.29, 1.82) is 0 Å². The molecule has 13 rings (SSSR count). The molecule has 1 aliphatic carbocycles. The summed E-state index contributed by atoms with van der Waals surface area (Å²) in [4.78, 5) is 0. The van der Waals surface area contributed by atoms with Crippen molar-refractivity contribution in [1.82, 2.24) is 0 Å². The van der Waals surface area contributed by atoms with Gasteiger partial charge in [-0.2, -0.15) is 0 Å².